The normalized spacial score (nSPS) is 35.0. The summed E-state index contributed by atoms with van der Waals surface area (Å²) in [6.45, 7) is 11.7. The van der Waals surface area contributed by atoms with Gasteiger partial charge in [-0.15, -0.1) is 0 Å². The van der Waals surface area contributed by atoms with Crippen molar-refractivity contribution in [2.75, 3.05) is 0 Å². The van der Waals surface area contributed by atoms with E-state index in [0.717, 1.165) is 45.3 Å². The number of nitrogens with one attached hydrogen (secondary N) is 1. The number of hydrogen-bond donors (Lipinski definition) is 4. The number of carbonyl (C=O) groups is 1. The SMILES string of the molecule is Cc1c(O)c(O)cc2c1C(c1c[nH]c3ccc(Cl)cc13)C=C1C3(C)CC[C@@]4(C)CC[C@H](C)CC4C3CC[C@]12C.O=CO. The number of rotatable bonds is 1. The van der Waals surface area contributed by atoms with Gasteiger partial charge in [0.1, 0.15) is 0 Å². The Bertz CT molecular complexity index is 1590. The average Bonchev–Trinajstić information content (AvgIpc) is 3.36. The molecule has 5 nitrogen and oxygen atoms in total. The van der Waals surface area contributed by atoms with Gasteiger partial charge >= 0.3 is 0 Å². The summed E-state index contributed by atoms with van der Waals surface area (Å²) in [6, 6.07) is 7.93. The molecule has 4 N–H and O–H groups in total. The number of phenolic OH excluding ortho intramolecular Hbond substituents is 2. The third kappa shape index (κ3) is 4.13. The smallest absolute Gasteiger partial charge is 0.290 e. The molecule has 1 heterocycles. The summed E-state index contributed by atoms with van der Waals surface area (Å²) in [6.07, 6.45) is 13.6. The Morgan fingerprint density at radius 2 is 1.76 bits per heavy atom. The molecule has 4 aliphatic rings. The van der Waals surface area contributed by atoms with Gasteiger partial charge in [-0.25, -0.2) is 0 Å². The molecule has 0 bridgehead atoms. The highest BCUT2D eigenvalue weighted by Crippen LogP contribution is 2.69. The molecule has 224 valence electrons. The van der Waals surface area contributed by atoms with Crippen LogP contribution in [0.25, 0.3) is 10.9 Å². The third-order valence-corrected chi connectivity index (χ3v) is 12.5. The van der Waals surface area contributed by atoms with Gasteiger partial charge in [0.05, 0.1) is 0 Å². The van der Waals surface area contributed by atoms with Crippen molar-refractivity contribution in [2.45, 2.75) is 90.9 Å². The summed E-state index contributed by atoms with van der Waals surface area (Å²) in [7, 11) is 0. The standard InChI is InChI=1S/C35H42ClNO2.CH2O2/c1-19-8-10-33(3)12-13-35(5)25(26(33)14-19)9-11-34(4)27-17-29(38)32(39)20(2)31(27)23(16-30(34)35)24-18-37-28-7-6-21(36)15-22(24)28;2-1-3/h6-7,15-19,23,25-26,37-39H,8-14H2,1-5H3;1H,(H,2,3)/t19-,23?,25?,26?,33+,34-,35?;/m0./s1. The molecular weight excluding hydrogens is 546 g/mol. The fourth-order valence-electron chi connectivity index (χ4n) is 9.98. The van der Waals surface area contributed by atoms with Gasteiger partial charge in [-0.3, -0.25) is 4.79 Å². The highest BCUT2D eigenvalue weighted by molar-refractivity contribution is 6.31. The van der Waals surface area contributed by atoms with Crippen molar-refractivity contribution in [1.82, 2.24) is 4.98 Å². The number of carboxylic acid groups (broad SMARTS) is 1. The second kappa shape index (κ2) is 10.1. The van der Waals surface area contributed by atoms with Crippen LogP contribution in [0.3, 0.4) is 0 Å². The molecule has 0 spiro atoms. The molecule has 4 unspecified atom stereocenters. The number of aromatic hydroxyl groups is 2. The minimum atomic E-state index is -0.250. The van der Waals surface area contributed by atoms with Crippen LogP contribution in [0.4, 0.5) is 0 Å². The lowest BCUT2D eigenvalue weighted by molar-refractivity contribution is -0.122. The van der Waals surface area contributed by atoms with Gasteiger partial charge in [-0.1, -0.05) is 57.4 Å². The first-order chi connectivity index (χ1) is 19.9. The average molecular weight is 590 g/mol. The second-order valence-electron chi connectivity index (χ2n) is 14.5. The fourth-order valence-corrected chi connectivity index (χ4v) is 10.2. The van der Waals surface area contributed by atoms with Crippen molar-refractivity contribution >= 4 is 29.0 Å². The highest BCUT2D eigenvalue weighted by atomic mass is 35.5. The molecule has 42 heavy (non-hydrogen) atoms. The minimum absolute atomic E-state index is 0.000882. The summed E-state index contributed by atoms with van der Waals surface area (Å²) in [5.41, 5.74) is 7.36. The Hall–Kier alpha value is -2.92. The first kappa shape index (κ1) is 29.2. The number of allylic oxidation sites excluding steroid dienone is 2. The van der Waals surface area contributed by atoms with Crippen LogP contribution in [-0.2, 0) is 10.2 Å². The van der Waals surface area contributed by atoms with Crippen molar-refractivity contribution < 1.29 is 20.1 Å². The fraction of sp³-hybridized carbons (Fsp3) is 0.528. The Balaban J connectivity index is 0.00000101. The van der Waals surface area contributed by atoms with E-state index >= 15 is 0 Å². The summed E-state index contributed by atoms with van der Waals surface area (Å²) < 4.78 is 0. The van der Waals surface area contributed by atoms with E-state index in [1.165, 1.54) is 49.7 Å². The van der Waals surface area contributed by atoms with Gasteiger partial charge in [0.25, 0.3) is 6.47 Å². The summed E-state index contributed by atoms with van der Waals surface area (Å²) in [4.78, 5) is 11.8. The molecule has 0 radical (unpaired) electrons. The van der Waals surface area contributed by atoms with E-state index in [1.807, 2.05) is 25.1 Å². The van der Waals surface area contributed by atoms with Crippen molar-refractivity contribution in [3.63, 3.8) is 0 Å². The van der Waals surface area contributed by atoms with E-state index < -0.39 is 0 Å². The quantitative estimate of drug-likeness (QED) is 0.129. The first-order valence-corrected chi connectivity index (χ1v) is 15.9. The molecule has 2 aromatic carbocycles. The third-order valence-electron chi connectivity index (χ3n) is 12.3. The largest absolute Gasteiger partial charge is 0.504 e. The molecule has 3 saturated carbocycles. The maximum Gasteiger partial charge on any atom is 0.290 e. The van der Waals surface area contributed by atoms with Crippen LogP contribution in [0.1, 0.15) is 101 Å². The number of hydrogen-bond acceptors (Lipinski definition) is 3. The number of aromatic nitrogens is 1. The zero-order valence-corrected chi connectivity index (χ0v) is 26.2. The number of aromatic amines is 1. The summed E-state index contributed by atoms with van der Waals surface area (Å²) in [5.74, 6) is 2.25. The lowest BCUT2D eigenvalue weighted by atomic mass is 9.40. The van der Waals surface area contributed by atoms with E-state index in [9.17, 15) is 10.2 Å². The molecule has 3 aromatic rings. The summed E-state index contributed by atoms with van der Waals surface area (Å²) >= 11 is 6.50. The van der Waals surface area contributed by atoms with E-state index in [1.54, 1.807) is 5.57 Å². The molecule has 7 atom stereocenters. The van der Waals surface area contributed by atoms with E-state index in [0.29, 0.717) is 11.3 Å². The lowest BCUT2D eigenvalue weighted by Gasteiger charge is -2.64. The van der Waals surface area contributed by atoms with Gasteiger partial charge in [0, 0.05) is 33.5 Å². The van der Waals surface area contributed by atoms with Crippen molar-refractivity contribution in [3.8, 4) is 11.5 Å². The van der Waals surface area contributed by atoms with E-state index in [-0.39, 0.29) is 34.7 Å². The highest BCUT2D eigenvalue weighted by Gasteiger charge is 2.60. The van der Waals surface area contributed by atoms with Gasteiger partial charge in [0.2, 0.25) is 0 Å². The van der Waals surface area contributed by atoms with Gasteiger partial charge in [0.15, 0.2) is 11.5 Å². The van der Waals surface area contributed by atoms with Crippen LogP contribution in [-0.4, -0.2) is 26.8 Å². The Kier molecular flexibility index (Phi) is 7.00. The molecular formula is C36H44ClNO4. The predicted octanol–water partition coefficient (Wildman–Crippen LogP) is 9.22. The van der Waals surface area contributed by atoms with Crippen LogP contribution in [0, 0.1) is 35.5 Å². The van der Waals surface area contributed by atoms with Crippen LogP contribution < -0.4 is 0 Å². The van der Waals surface area contributed by atoms with Gasteiger partial charge in [-0.2, -0.15) is 0 Å². The van der Waals surface area contributed by atoms with E-state index in [4.69, 9.17) is 21.5 Å². The number of H-pyrrole nitrogens is 1. The monoisotopic (exact) mass is 589 g/mol. The molecule has 1 aromatic heterocycles. The zero-order chi connectivity index (χ0) is 30.2. The molecule has 3 fully saturated rings. The Morgan fingerprint density at radius 1 is 1.02 bits per heavy atom. The lowest BCUT2D eigenvalue weighted by Crippen LogP contribution is -2.56. The first-order valence-electron chi connectivity index (χ1n) is 15.5. The zero-order valence-electron chi connectivity index (χ0n) is 25.4. The topological polar surface area (TPSA) is 93.5 Å². The number of phenols is 2. The minimum Gasteiger partial charge on any atom is -0.504 e. The number of fused-ring (bicyclic) bond motifs is 8. The molecule has 7 rings (SSSR count). The van der Waals surface area contributed by atoms with Gasteiger partial charge < -0.3 is 20.3 Å². The molecule has 6 heteroatoms. The van der Waals surface area contributed by atoms with Crippen molar-refractivity contribution in [2.24, 2.45) is 28.6 Å². The predicted molar refractivity (Wildman–Crippen MR) is 168 cm³/mol. The molecule has 4 aliphatic carbocycles. The van der Waals surface area contributed by atoms with Crippen LogP contribution in [0.2, 0.25) is 5.02 Å². The van der Waals surface area contributed by atoms with Crippen molar-refractivity contribution in [3.05, 3.63) is 69.4 Å². The Labute approximate surface area is 254 Å². The van der Waals surface area contributed by atoms with Crippen LogP contribution >= 0.6 is 11.6 Å². The van der Waals surface area contributed by atoms with Crippen LogP contribution in [0.5, 0.6) is 11.5 Å². The summed E-state index contributed by atoms with van der Waals surface area (Å²) in [5, 5.41) is 30.6. The molecule has 0 aliphatic heterocycles. The molecule has 0 amide bonds. The Morgan fingerprint density at radius 3 is 2.50 bits per heavy atom. The van der Waals surface area contributed by atoms with Crippen molar-refractivity contribution in [1.29, 1.82) is 0 Å². The second-order valence-corrected chi connectivity index (χ2v) is 14.9. The maximum atomic E-state index is 10.9. The maximum absolute atomic E-state index is 10.9. The molecule has 0 saturated heterocycles. The van der Waals surface area contributed by atoms with Gasteiger partial charge in [-0.05, 0) is 121 Å². The number of halogens is 1. The van der Waals surface area contributed by atoms with E-state index in [2.05, 4.69) is 51.0 Å². The van der Waals surface area contributed by atoms with Crippen LogP contribution in [0.15, 0.2) is 42.1 Å². The number of benzene rings is 2.